The Bertz CT molecular complexity index is 1080. The van der Waals surface area contributed by atoms with Crippen LogP contribution >= 0.6 is 0 Å². The van der Waals surface area contributed by atoms with E-state index in [0.29, 0.717) is 12.8 Å². The van der Waals surface area contributed by atoms with E-state index in [0.717, 1.165) is 89.9 Å². The fourth-order valence-electron chi connectivity index (χ4n) is 5.88. The second kappa shape index (κ2) is 44.6. The molecule has 6 heteroatoms. The van der Waals surface area contributed by atoms with Crippen LogP contribution in [0.4, 0.5) is 0 Å². The molecule has 0 saturated heterocycles. The van der Waals surface area contributed by atoms with Crippen LogP contribution in [0.5, 0.6) is 0 Å². The van der Waals surface area contributed by atoms with Crippen LogP contribution in [-0.2, 0) is 28.6 Å². The molecule has 0 aliphatic carbocycles. The van der Waals surface area contributed by atoms with Gasteiger partial charge >= 0.3 is 17.9 Å². The van der Waals surface area contributed by atoms with Crippen LogP contribution in [0.2, 0.25) is 0 Å². The first-order valence-electron chi connectivity index (χ1n) is 23.0. The van der Waals surface area contributed by atoms with Gasteiger partial charge in [-0.05, 0) is 89.9 Å². The average molecular weight is 781 g/mol. The van der Waals surface area contributed by atoms with Crippen LogP contribution in [0, 0.1) is 0 Å². The Morgan fingerprint density at radius 1 is 0.375 bits per heavy atom. The van der Waals surface area contributed by atoms with Gasteiger partial charge in [-0.1, -0.05) is 171 Å². The first-order chi connectivity index (χ1) is 27.5. The van der Waals surface area contributed by atoms with Crippen molar-refractivity contribution in [2.75, 3.05) is 13.2 Å². The molecule has 0 spiro atoms. The van der Waals surface area contributed by atoms with Gasteiger partial charge in [0.1, 0.15) is 13.2 Å². The molecule has 0 aromatic carbocycles. The van der Waals surface area contributed by atoms with Gasteiger partial charge in [-0.3, -0.25) is 14.4 Å². The van der Waals surface area contributed by atoms with E-state index in [1.807, 2.05) is 0 Å². The summed E-state index contributed by atoms with van der Waals surface area (Å²) < 4.78 is 16.6. The summed E-state index contributed by atoms with van der Waals surface area (Å²) in [6.07, 6.45) is 54.7. The fraction of sp³-hybridized carbons (Fsp3) is 0.700. The molecule has 0 fully saturated rings. The largest absolute Gasteiger partial charge is 0.462 e. The minimum absolute atomic E-state index is 0.109. The van der Waals surface area contributed by atoms with Gasteiger partial charge in [-0.25, -0.2) is 0 Å². The molecule has 1 unspecified atom stereocenters. The van der Waals surface area contributed by atoms with Gasteiger partial charge in [-0.2, -0.15) is 0 Å². The Kier molecular flexibility index (Phi) is 42.1. The second-order valence-electron chi connectivity index (χ2n) is 15.0. The topological polar surface area (TPSA) is 78.9 Å². The van der Waals surface area contributed by atoms with E-state index in [2.05, 4.69) is 93.7 Å². The summed E-state index contributed by atoms with van der Waals surface area (Å²) in [4.78, 5) is 37.6. The Labute approximate surface area is 344 Å². The summed E-state index contributed by atoms with van der Waals surface area (Å²) in [6.45, 7) is 6.43. The lowest BCUT2D eigenvalue weighted by Gasteiger charge is -2.18. The minimum atomic E-state index is -0.811. The lowest BCUT2D eigenvalue weighted by Crippen LogP contribution is -2.30. The first-order valence-corrected chi connectivity index (χ1v) is 23.0. The molecule has 0 N–H and O–H groups in total. The SMILES string of the molecule is CCCC/C=C\C=C/CCCCCC(=O)OC(COC(=O)CCC/C=C\C/C=C\C/C=C\CCCCCCCC)COC(=O)CCCCCC/C=C\CCCC. The molecule has 0 saturated carbocycles. The average Bonchev–Trinajstić information content (AvgIpc) is 3.19. The van der Waals surface area contributed by atoms with Crippen molar-refractivity contribution in [3.05, 3.63) is 72.9 Å². The molecule has 0 rings (SSSR count). The smallest absolute Gasteiger partial charge is 0.306 e. The zero-order valence-corrected chi connectivity index (χ0v) is 36.4. The third-order valence-electron chi connectivity index (χ3n) is 9.43. The van der Waals surface area contributed by atoms with Gasteiger partial charge in [0.15, 0.2) is 6.10 Å². The predicted octanol–water partition coefficient (Wildman–Crippen LogP) is 14.7. The van der Waals surface area contributed by atoms with E-state index in [1.54, 1.807) is 0 Å². The van der Waals surface area contributed by atoms with E-state index in [9.17, 15) is 14.4 Å². The van der Waals surface area contributed by atoms with Crippen molar-refractivity contribution in [2.45, 2.75) is 213 Å². The predicted molar refractivity (Wildman–Crippen MR) is 238 cm³/mol. The number of allylic oxidation sites excluding steroid dienone is 12. The normalized spacial score (nSPS) is 12.7. The van der Waals surface area contributed by atoms with Crippen molar-refractivity contribution in [3.8, 4) is 0 Å². The summed E-state index contributed by atoms with van der Waals surface area (Å²) in [5, 5.41) is 0. The highest BCUT2D eigenvalue weighted by Gasteiger charge is 2.19. The number of hydrogen-bond acceptors (Lipinski definition) is 6. The molecule has 320 valence electrons. The van der Waals surface area contributed by atoms with E-state index < -0.39 is 6.10 Å². The number of esters is 3. The van der Waals surface area contributed by atoms with Crippen molar-refractivity contribution in [1.29, 1.82) is 0 Å². The maximum atomic E-state index is 12.7. The standard InChI is InChI=1S/C50H84O6/c1-4-7-10-13-16-19-22-23-24-25-26-27-29-31-34-37-40-43-49(52)55-46-47(45-54-48(51)42-39-36-33-30-21-18-15-12-9-6-3)56-50(53)44-41-38-35-32-28-20-17-14-11-8-5-2/h14-15,17-18,20,23-24,26-28,31,34,47H,4-13,16,19,21-22,25,29-30,32-33,35-46H2,1-3H3/b17-14-,18-15-,24-23-,27-26-,28-20-,34-31-. The Balaban J connectivity index is 4.48. The van der Waals surface area contributed by atoms with Crippen molar-refractivity contribution in [2.24, 2.45) is 0 Å². The lowest BCUT2D eigenvalue weighted by molar-refractivity contribution is -0.167. The van der Waals surface area contributed by atoms with Gasteiger partial charge < -0.3 is 14.2 Å². The summed E-state index contributed by atoms with van der Waals surface area (Å²) >= 11 is 0. The monoisotopic (exact) mass is 781 g/mol. The maximum Gasteiger partial charge on any atom is 0.306 e. The van der Waals surface area contributed by atoms with Gasteiger partial charge in [0, 0.05) is 19.3 Å². The highest BCUT2D eigenvalue weighted by atomic mass is 16.6. The van der Waals surface area contributed by atoms with Crippen LogP contribution in [0.1, 0.15) is 207 Å². The molecule has 1 atom stereocenters. The summed E-state index contributed by atoms with van der Waals surface area (Å²) in [7, 11) is 0. The number of carbonyl (C=O) groups is 3. The van der Waals surface area contributed by atoms with E-state index >= 15 is 0 Å². The third-order valence-corrected chi connectivity index (χ3v) is 9.43. The van der Waals surface area contributed by atoms with Gasteiger partial charge in [-0.15, -0.1) is 0 Å². The fourth-order valence-corrected chi connectivity index (χ4v) is 5.88. The van der Waals surface area contributed by atoms with Crippen molar-refractivity contribution < 1.29 is 28.6 Å². The summed E-state index contributed by atoms with van der Waals surface area (Å²) in [5.41, 5.74) is 0. The first kappa shape index (κ1) is 52.9. The van der Waals surface area contributed by atoms with Crippen molar-refractivity contribution in [1.82, 2.24) is 0 Å². The third kappa shape index (κ3) is 42.0. The zero-order valence-electron chi connectivity index (χ0n) is 36.4. The van der Waals surface area contributed by atoms with Crippen LogP contribution < -0.4 is 0 Å². The Morgan fingerprint density at radius 3 is 1.29 bits per heavy atom. The maximum absolute atomic E-state index is 12.7. The number of carbonyl (C=O) groups excluding carboxylic acids is 3. The molecule has 0 bridgehead atoms. The quantitative estimate of drug-likeness (QED) is 0.0203. The van der Waals surface area contributed by atoms with Crippen LogP contribution in [0.3, 0.4) is 0 Å². The molecule has 0 aromatic heterocycles. The zero-order chi connectivity index (χ0) is 40.8. The molecule has 0 aliphatic heterocycles. The second-order valence-corrected chi connectivity index (χ2v) is 15.0. The molecule has 0 heterocycles. The highest BCUT2D eigenvalue weighted by Crippen LogP contribution is 2.11. The van der Waals surface area contributed by atoms with Gasteiger partial charge in [0.2, 0.25) is 0 Å². The van der Waals surface area contributed by atoms with E-state index in [4.69, 9.17) is 14.2 Å². The van der Waals surface area contributed by atoms with E-state index in [-0.39, 0.29) is 44.0 Å². The van der Waals surface area contributed by atoms with Gasteiger partial charge in [0.05, 0.1) is 0 Å². The molecule has 0 amide bonds. The van der Waals surface area contributed by atoms with Crippen LogP contribution in [0.25, 0.3) is 0 Å². The van der Waals surface area contributed by atoms with Gasteiger partial charge in [0.25, 0.3) is 0 Å². The number of hydrogen-bond donors (Lipinski definition) is 0. The van der Waals surface area contributed by atoms with E-state index in [1.165, 1.54) is 70.6 Å². The Hall–Kier alpha value is -3.15. The molecular formula is C50H84O6. The molecule has 0 radical (unpaired) electrons. The van der Waals surface area contributed by atoms with Crippen molar-refractivity contribution in [3.63, 3.8) is 0 Å². The summed E-state index contributed by atoms with van der Waals surface area (Å²) in [6, 6.07) is 0. The minimum Gasteiger partial charge on any atom is -0.462 e. The number of ether oxygens (including phenoxy) is 3. The van der Waals surface area contributed by atoms with Crippen LogP contribution in [-0.4, -0.2) is 37.2 Å². The number of rotatable bonds is 40. The molecule has 0 aromatic rings. The summed E-state index contributed by atoms with van der Waals surface area (Å²) in [5.74, 6) is -1.01. The molecular weight excluding hydrogens is 697 g/mol. The molecule has 56 heavy (non-hydrogen) atoms. The van der Waals surface area contributed by atoms with Crippen LogP contribution in [0.15, 0.2) is 72.9 Å². The highest BCUT2D eigenvalue weighted by molar-refractivity contribution is 5.71. The van der Waals surface area contributed by atoms with Crippen molar-refractivity contribution >= 4 is 17.9 Å². The molecule has 6 nitrogen and oxygen atoms in total. The number of unbranched alkanes of at least 4 members (excludes halogenated alkanes) is 18. The molecule has 0 aliphatic rings. The Morgan fingerprint density at radius 2 is 0.732 bits per heavy atom. The lowest BCUT2D eigenvalue weighted by atomic mass is 10.1.